The molecule has 0 saturated carbocycles. The van der Waals surface area contributed by atoms with Gasteiger partial charge in [0.05, 0.1) is 0 Å². The molecule has 106 valence electrons. The highest BCUT2D eigenvalue weighted by Gasteiger charge is 2.30. The van der Waals surface area contributed by atoms with Crippen LogP contribution in [0.15, 0.2) is 22.7 Å². The maximum Gasteiger partial charge on any atom is 0.0481 e. The van der Waals surface area contributed by atoms with E-state index in [2.05, 4.69) is 59.8 Å². The highest BCUT2D eigenvalue weighted by Crippen LogP contribution is 2.35. The molecule has 3 heteroatoms. The third-order valence-corrected chi connectivity index (χ3v) is 5.02. The summed E-state index contributed by atoms with van der Waals surface area (Å²) in [5.74, 6) is 0. The Balaban J connectivity index is 2.16. The largest absolute Gasteiger partial charge is 0.329 e. The molecule has 0 aromatic heterocycles. The molecule has 19 heavy (non-hydrogen) atoms. The Bertz CT molecular complexity index is 432. The number of piperidine rings is 1. The minimum atomic E-state index is 0.339. The van der Waals surface area contributed by atoms with E-state index in [1.54, 1.807) is 0 Å². The molecule has 1 saturated heterocycles. The number of nitrogens with zero attached hydrogens (tertiary/aromatic N) is 1. The van der Waals surface area contributed by atoms with Gasteiger partial charge in [-0.1, -0.05) is 41.9 Å². The van der Waals surface area contributed by atoms with Crippen molar-refractivity contribution in [2.24, 2.45) is 11.1 Å². The summed E-state index contributed by atoms with van der Waals surface area (Å²) in [6.45, 7) is 9.83. The summed E-state index contributed by atoms with van der Waals surface area (Å²) in [7, 11) is 0. The summed E-state index contributed by atoms with van der Waals surface area (Å²) < 4.78 is 1.19. The van der Waals surface area contributed by atoms with Crippen LogP contribution in [0.1, 0.15) is 43.9 Å². The number of halogens is 1. The van der Waals surface area contributed by atoms with Gasteiger partial charge in [0.1, 0.15) is 0 Å². The van der Waals surface area contributed by atoms with Crippen LogP contribution in [0.25, 0.3) is 0 Å². The van der Waals surface area contributed by atoms with Crippen LogP contribution in [0.5, 0.6) is 0 Å². The Labute approximate surface area is 125 Å². The van der Waals surface area contributed by atoms with Gasteiger partial charge in [-0.2, -0.15) is 0 Å². The average Bonchev–Trinajstić information content (AvgIpc) is 2.34. The zero-order chi connectivity index (χ0) is 14.0. The molecule has 0 radical (unpaired) electrons. The number of aryl methyl sites for hydroxylation is 1. The van der Waals surface area contributed by atoms with Crippen molar-refractivity contribution in [3.63, 3.8) is 0 Å². The SMILES string of the molecule is Cc1ccc(C(CN)N2CCC(C)(C)CC2)c(Br)c1. The first-order chi connectivity index (χ1) is 8.93. The Kier molecular flexibility index (Phi) is 4.70. The van der Waals surface area contributed by atoms with Crippen molar-refractivity contribution < 1.29 is 0 Å². The van der Waals surface area contributed by atoms with Gasteiger partial charge >= 0.3 is 0 Å². The fourth-order valence-electron chi connectivity index (χ4n) is 2.82. The molecule has 1 aliphatic heterocycles. The summed E-state index contributed by atoms with van der Waals surface area (Å²) >= 11 is 3.70. The maximum absolute atomic E-state index is 6.05. The van der Waals surface area contributed by atoms with Crippen LogP contribution in [0.3, 0.4) is 0 Å². The fourth-order valence-corrected chi connectivity index (χ4v) is 3.57. The van der Waals surface area contributed by atoms with Crippen LogP contribution in [-0.4, -0.2) is 24.5 Å². The summed E-state index contributed by atoms with van der Waals surface area (Å²) in [5.41, 5.74) is 9.14. The second-order valence-electron chi connectivity index (χ2n) is 6.48. The topological polar surface area (TPSA) is 29.3 Å². The van der Waals surface area contributed by atoms with Crippen LogP contribution in [0, 0.1) is 12.3 Å². The van der Waals surface area contributed by atoms with Gasteiger partial charge in [0, 0.05) is 17.1 Å². The third-order valence-electron chi connectivity index (χ3n) is 4.33. The van der Waals surface area contributed by atoms with Crippen molar-refractivity contribution in [3.05, 3.63) is 33.8 Å². The van der Waals surface area contributed by atoms with E-state index >= 15 is 0 Å². The molecule has 1 fully saturated rings. The molecule has 0 aliphatic carbocycles. The van der Waals surface area contributed by atoms with E-state index in [1.165, 1.54) is 28.4 Å². The summed E-state index contributed by atoms with van der Waals surface area (Å²) in [6, 6.07) is 6.92. The van der Waals surface area contributed by atoms with Crippen molar-refractivity contribution in [2.45, 2.75) is 39.7 Å². The number of nitrogens with two attached hydrogens (primary N) is 1. The van der Waals surface area contributed by atoms with Crippen molar-refractivity contribution in [2.75, 3.05) is 19.6 Å². The number of hydrogen-bond donors (Lipinski definition) is 1. The van der Waals surface area contributed by atoms with Gasteiger partial charge in [-0.15, -0.1) is 0 Å². The van der Waals surface area contributed by atoms with E-state index in [1.807, 2.05) is 0 Å². The van der Waals surface area contributed by atoms with Gasteiger partial charge in [-0.05, 0) is 55.5 Å². The highest BCUT2D eigenvalue weighted by atomic mass is 79.9. The number of hydrogen-bond acceptors (Lipinski definition) is 2. The first kappa shape index (κ1) is 15.0. The Morgan fingerprint density at radius 2 is 1.95 bits per heavy atom. The molecular formula is C16H25BrN2. The molecule has 1 atom stereocenters. The number of likely N-dealkylation sites (tertiary alicyclic amines) is 1. The minimum Gasteiger partial charge on any atom is -0.329 e. The number of rotatable bonds is 3. The van der Waals surface area contributed by atoms with Crippen LogP contribution in [-0.2, 0) is 0 Å². The van der Waals surface area contributed by atoms with Crippen molar-refractivity contribution in [3.8, 4) is 0 Å². The average molecular weight is 325 g/mol. The molecule has 1 heterocycles. The van der Waals surface area contributed by atoms with E-state index in [0.29, 0.717) is 18.0 Å². The highest BCUT2D eigenvalue weighted by molar-refractivity contribution is 9.10. The van der Waals surface area contributed by atoms with E-state index in [0.717, 1.165) is 13.1 Å². The van der Waals surface area contributed by atoms with Gasteiger partial charge in [0.15, 0.2) is 0 Å². The monoisotopic (exact) mass is 324 g/mol. The molecule has 0 spiro atoms. The predicted molar refractivity (Wildman–Crippen MR) is 85.3 cm³/mol. The standard InChI is InChI=1S/C16H25BrN2/c1-12-4-5-13(14(17)10-12)15(11-18)19-8-6-16(2,3)7-9-19/h4-5,10,15H,6-9,11,18H2,1-3H3. The lowest BCUT2D eigenvalue weighted by atomic mass is 9.82. The summed E-state index contributed by atoms with van der Waals surface area (Å²) in [5, 5.41) is 0. The van der Waals surface area contributed by atoms with Crippen molar-refractivity contribution in [1.82, 2.24) is 4.90 Å². The molecule has 2 N–H and O–H groups in total. The zero-order valence-electron chi connectivity index (χ0n) is 12.2. The third kappa shape index (κ3) is 3.59. The lowest BCUT2D eigenvalue weighted by molar-refractivity contribution is 0.0961. The van der Waals surface area contributed by atoms with Gasteiger partial charge in [0.2, 0.25) is 0 Å². The molecule has 1 aliphatic rings. The fraction of sp³-hybridized carbons (Fsp3) is 0.625. The normalized spacial score (nSPS) is 21.3. The molecule has 0 amide bonds. The minimum absolute atomic E-state index is 0.339. The smallest absolute Gasteiger partial charge is 0.0481 e. The van der Waals surface area contributed by atoms with Gasteiger partial charge in [-0.3, -0.25) is 4.90 Å². The number of benzene rings is 1. The molecule has 1 unspecified atom stereocenters. The van der Waals surface area contributed by atoms with Crippen LogP contribution < -0.4 is 5.73 Å². The van der Waals surface area contributed by atoms with E-state index < -0.39 is 0 Å². The second kappa shape index (κ2) is 5.94. The Morgan fingerprint density at radius 3 is 2.47 bits per heavy atom. The van der Waals surface area contributed by atoms with Crippen molar-refractivity contribution >= 4 is 15.9 Å². The Hall–Kier alpha value is -0.380. The summed E-state index contributed by atoms with van der Waals surface area (Å²) in [6.07, 6.45) is 2.51. The predicted octanol–water partition coefficient (Wildman–Crippen LogP) is 3.88. The van der Waals surface area contributed by atoms with E-state index in [-0.39, 0.29) is 0 Å². The molecular weight excluding hydrogens is 300 g/mol. The zero-order valence-corrected chi connectivity index (χ0v) is 13.8. The van der Waals surface area contributed by atoms with Gasteiger partial charge < -0.3 is 5.73 Å². The molecule has 2 nitrogen and oxygen atoms in total. The molecule has 0 bridgehead atoms. The molecule has 2 rings (SSSR count). The molecule has 1 aromatic rings. The van der Waals surface area contributed by atoms with Crippen LogP contribution >= 0.6 is 15.9 Å². The first-order valence-corrected chi connectivity index (χ1v) is 7.92. The van der Waals surface area contributed by atoms with E-state index in [4.69, 9.17) is 5.73 Å². The quantitative estimate of drug-likeness (QED) is 0.914. The second-order valence-corrected chi connectivity index (χ2v) is 7.33. The maximum atomic E-state index is 6.05. The lowest BCUT2D eigenvalue weighted by Gasteiger charge is -2.41. The van der Waals surface area contributed by atoms with Gasteiger partial charge in [0.25, 0.3) is 0 Å². The van der Waals surface area contributed by atoms with Crippen LogP contribution in [0.4, 0.5) is 0 Å². The summed E-state index contributed by atoms with van der Waals surface area (Å²) in [4.78, 5) is 2.54. The van der Waals surface area contributed by atoms with Gasteiger partial charge in [-0.25, -0.2) is 0 Å². The van der Waals surface area contributed by atoms with Crippen LogP contribution in [0.2, 0.25) is 0 Å². The van der Waals surface area contributed by atoms with E-state index in [9.17, 15) is 0 Å². The lowest BCUT2D eigenvalue weighted by Crippen LogP contribution is -2.42. The van der Waals surface area contributed by atoms with Crippen molar-refractivity contribution in [1.29, 1.82) is 0 Å². The first-order valence-electron chi connectivity index (χ1n) is 7.13. The molecule has 1 aromatic carbocycles. The Morgan fingerprint density at radius 1 is 1.32 bits per heavy atom.